The lowest BCUT2D eigenvalue weighted by Gasteiger charge is -2.32. The number of morpholine rings is 1. The second-order valence-corrected chi connectivity index (χ2v) is 8.86. The number of ether oxygens (including phenoxy) is 1. The third-order valence-electron chi connectivity index (χ3n) is 3.95. The molecule has 0 aliphatic carbocycles. The number of anilines is 1. The summed E-state index contributed by atoms with van der Waals surface area (Å²) in [4.78, 5) is 14.7. The number of benzene rings is 1. The molecular formula is C17H20N2O4S2. The van der Waals surface area contributed by atoms with Crippen molar-refractivity contribution in [2.45, 2.75) is 23.7 Å². The number of aryl methyl sites for hydroxylation is 1. The number of hydrogen-bond donors (Lipinski definition) is 1. The van der Waals surface area contributed by atoms with Gasteiger partial charge >= 0.3 is 0 Å². The first-order chi connectivity index (χ1) is 12.0. The van der Waals surface area contributed by atoms with Crippen LogP contribution in [0.1, 0.15) is 11.8 Å². The van der Waals surface area contributed by atoms with E-state index in [0.717, 1.165) is 17.0 Å². The third kappa shape index (κ3) is 4.27. The SMILES string of the molecule is CCc1ccc(S(=O)(=O)NCC2CN(c3ccccc3)C(=O)CO2)s1. The van der Waals surface area contributed by atoms with Crippen LogP contribution >= 0.6 is 11.3 Å². The van der Waals surface area contributed by atoms with Crippen molar-refractivity contribution in [3.05, 3.63) is 47.3 Å². The summed E-state index contributed by atoms with van der Waals surface area (Å²) < 4.78 is 33.1. The van der Waals surface area contributed by atoms with Gasteiger partial charge in [-0.2, -0.15) is 0 Å². The number of hydrogen-bond acceptors (Lipinski definition) is 5. The van der Waals surface area contributed by atoms with Crippen LogP contribution in [-0.4, -0.2) is 40.1 Å². The zero-order valence-electron chi connectivity index (χ0n) is 13.8. The minimum absolute atomic E-state index is 0.0553. The van der Waals surface area contributed by atoms with Gasteiger partial charge in [-0.05, 0) is 30.7 Å². The number of nitrogens with one attached hydrogen (secondary N) is 1. The number of para-hydroxylation sites is 1. The summed E-state index contributed by atoms with van der Waals surface area (Å²) >= 11 is 1.27. The predicted octanol–water partition coefficient (Wildman–Crippen LogP) is 2.02. The summed E-state index contributed by atoms with van der Waals surface area (Å²) in [7, 11) is -3.56. The van der Waals surface area contributed by atoms with E-state index in [1.807, 2.05) is 43.3 Å². The molecule has 1 unspecified atom stereocenters. The van der Waals surface area contributed by atoms with Gasteiger partial charge in [-0.1, -0.05) is 25.1 Å². The molecule has 1 fully saturated rings. The maximum Gasteiger partial charge on any atom is 0.253 e. The van der Waals surface area contributed by atoms with Gasteiger partial charge in [-0.15, -0.1) is 11.3 Å². The highest BCUT2D eigenvalue weighted by atomic mass is 32.2. The highest BCUT2D eigenvalue weighted by molar-refractivity contribution is 7.91. The summed E-state index contributed by atoms with van der Waals surface area (Å²) in [6, 6.07) is 12.7. The van der Waals surface area contributed by atoms with E-state index in [-0.39, 0.29) is 19.1 Å². The molecule has 1 aliphatic heterocycles. The second-order valence-electron chi connectivity index (χ2n) is 5.70. The standard InChI is InChI=1S/C17H20N2O4S2/c1-2-15-8-9-17(24-15)25(21,22)18-10-14-11-19(16(20)12-23-14)13-6-4-3-5-7-13/h3-9,14,18H,2,10-12H2,1H3. The quantitative estimate of drug-likeness (QED) is 0.832. The molecule has 1 N–H and O–H groups in total. The van der Waals surface area contributed by atoms with Crippen molar-refractivity contribution in [3.8, 4) is 0 Å². The van der Waals surface area contributed by atoms with Crippen molar-refractivity contribution in [3.63, 3.8) is 0 Å². The first-order valence-electron chi connectivity index (χ1n) is 8.05. The molecule has 0 radical (unpaired) electrons. The Kier molecular flexibility index (Phi) is 5.53. The van der Waals surface area contributed by atoms with Crippen LogP contribution in [0.3, 0.4) is 0 Å². The number of rotatable bonds is 6. The largest absolute Gasteiger partial charge is 0.365 e. The molecule has 134 valence electrons. The van der Waals surface area contributed by atoms with Gasteiger partial charge in [0.2, 0.25) is 10.0 Å². The highest BCUT2D eigenvalue weighted by Gasteiger charge is 2.28. The molecule has 1 aromatic carbocycles. The van der Waals surface area contributed by atoms with E-state index in [1.165, 1.54) is 11.3 Å². The first-order valence-corrected chi connectivity index (χ1v) is 10.3. The molecule has 1 atom stereocenters. The van der Waals surface area contributed by atoms with E-state index in [4.69, 9.17) is 4.74 Å². The lowest BCUT2D eigenvalue weighted by molar-refractivity contribution is -0.129. The topological polar surface area (TPSA) is 75.7 Å². The van der Waals surface area contributed by atoms with Crippen LogP contribution in [0.5, 0.6) is 0 Å². The van der Waals surface area contributed by atoms with Gasteiger partial charge in [-0.3, -0.25) is 4.79 Å². The van der Waals surface area contributed by atoms with Crippen LogP contribution in [0.2, 0.25) is 0 Å². The molecule has 2 aromatic rings. The van der Waals surface area contributed by atoms with Crippen LogP contribution < -0.4 is 9.62 Å². The minimum atomic E-state index is -3.56. The molecule has 1 aliphatic rings. The summed E-state index contributed by atoms with van der Waals surface area (Å²) in [5.41, 5.74) is 0.787. The number of sulfonamides is 1. The Hall–Kier alpha value is -1.74. The molecule has 0 bridgehead atoms. The van der Waals surface area contributed by atoms with E-state index < -0.39 is 16.1 Å². The van der Waals surface area contributed by atoms with Crippen LogP contribution in [0.4, 0.5) is 5.69 Å². The lowest BCUT2D eigenvalue weighted by Crippen LogP contribution is -2.50. The van der Waals surface area contributed by atoms with E-state index in [0.29, 0.717) is 10.8 Å². The maximum absolute atomic E-state index is 12.4. The van der Waals surface area contributed by atoms with Gasteiger partial charge in [-0.25, -0.2) is 13.1 Å². The monoisotopic (exact) mass is 380 g/mol. The number of carbonyl (C=O) groups is 1. The van der Waals surface area contributed by atoms with Crippen molar-refractivity contribution >= 4 is 33.0 Å². The maximum atomic E-state index is 12.4. The van der Waals surface area contributed by atoms with Crippen LogP contribution in [-0.2, 0) is 26.0 Å². The van der Waals surface area contributed by atoms with E-state index >= 15 is 0 Å². The molecule has 3 rings (SSSR count). The first kappa shape index (κ1) is 18.1. The van der Waals surface area contributed by atoms with Crippen molar-refractivity contribution in [2.24, 2.45) is 0 Å². The molecule has 8 heteroatoms. The van der Waals surface area contributed by atoms with E-state index in [9.17, 15) is 13.2 Å². The molecule has 0 saturated carbocycles. The van der Waals surface area contributed by atoms with Crippen LogP contribution in [0.25, 0.3) is 0 Å². The highest BCUT2D eigenvalue weighted by Crippen LogP contribution is 2.22. The van der Waals surface area contributed by atoms with Crippen LogP contribution in [0.15, 0.2) is 46.7 Å². The number of carbonyl (C=O) groups excluding carboxylic acids is 1. The van der Waals surface area contributed by atoms with Crippen LogP contribution in [0, 0.1) is 0 Å². The van der Waals surface area contributed by atoms with Gasteiger partial charge in [0, 0.05) is 17.1 Å². The second kappa shape index (κ2) is 7.65. The summed E-state index contributed by atoms with van der Waals surface area (Å²) in [6.07, 6.45) is 0.415. The Morgan fingerprint density at radius 1 is 1.24 bits per heavy atom. The molecule has 1 amide bonds. The average Bonchev–Trinajstić information content (AvgIpc) is 3.12. The number of thiophene rings is 1. The van der Waals surface area contributed by atoms with Gasteiger partial charge in [0.1, 0.15) is 10.8 Å². The number of amides is 1. The molecule has 1 saturated heterocycles. The smallest absolute Gasteiger partial charge is 0.253 e. The molecule has 1 aromatic heterocycles. The molecule has 25 heavy (non-hydrogen) atoms. The molecule has 0 spiro atoms. The Bertz CT molecular complexity index is 833. The summed E-state index contributed by atoms with van der Waals surface area (Å²) in [5, 5.41) is 0. The Morgan fingerprint density at radius 3 is 2.68 bits per heavy atom. The lowest BCUT2D eigenvalue weighted by atomic mass is 10.2. The van der Waals surface area contributed by atoms with Crippen molar-refractivity contribution < 1.29 is 17.9 Å². The zero-order valence-corrected chi connectivity index (χ0v) is 15.5. The Morgan fingerprint density at radius 2 is 2.00 bits per heavy atom. The van der Waals surface area contributed by atoms with Gasteiger partial charge in [0.05, 0.1) is 12.6 Å². The summed E-state index contributed by atoms with van der Waals surface area (Å²) in [6.45, 7) is 2.37. The van der Waals surface area contributed by atoms with Gasteiger partial charge in [0.15, 0.2) is 0 Å². The Balaban J connectivity index is 1.64. The van der Waals surface area contributed by atoms with E-state index in [1.54, 1.807) is 11.0 Å². The molecular weight excluding hydrogens is 360 g/mol. The molecule has 2 heterocycles. The predicted molar refractivity (Wildman–Crippen MR) is 97.4 cm³/mol. The van der Waals surface area contributed by atoms with Gasteiger partial charge in [0.25, 0.3) is 5.91 Å². The van der Waals surface area contributed by atoms with Crippen molar-refractivity contribution in [2.75, 3.05) is 24.6 Å². The number of nitrogens with zero attached hydrogens (tertiary/aromatic N) is 1. The van der Waals surface area contributed by atoms with Crippen molar-refractivity contribution in [1.82, 2.24) is 4.72 Å². The third-order valence-corrected chi connectivity index (χ3v) is 7.09. The average molecular weight is 380 g/mol. The van der Waals surface area contributed by atoms with Gasteiger partial charge < -0.3 is 9.64 Å². The fourth-order valence-electron chi connectivity index (χ4n) is 2.57. The Labute approximate surface area is 151 Å². The zero-order chi connectivity index (χ0) is 17.9. The summed E-state index contributed by atoms with van der Waals surface area (Å²) in [5.74, 6) is -0.129. The fraction of sp³-hybridized carbons (Fsp3) is 0.353. The fourth-order valence-corrected chi connectivity index (χ4v) is 4.98. The van der Waals surface area contributed by atoms with Crippen molar-refractivity contribution in [1.29, 1.82) is 0 Å². The van der Waals surface area contributed by atoms with E-state index in [2.05, 4.69) is 4.72 Å². The minimum Gasteiger partial charge on any atom is -0.365 e. The normalized spacial score (nSPS) is 18.5. The molecule has 6 nitrogen and oxygen atoms in total.